The Kier molecular flexibility index (Phi) is 47.5. The maximum absolute atomic E-state index is 12.7. The summed E-state index contributed by atoms with van der Waals surface area (Å²) in [7, 11) is 0. The maximum Gasteiger partial charge on any atom is 0.186 e. The lowest BCUT2D eigenvalue weighted by Crippen LogP contribution is -2.03. The standard InChI is InChI=1S/C60H113IO2/c1-4-7-10-13-16-19-22-25-28-31-34-37-40-43-46-49-52-56-55-57(53-50-47-44-41-38-35-32-29-26-23-20-17-14-11-8-5-2)59(61-63)60(62)58(56)54-51-48-45-42-39-36-33-30-27-24-21-18-15-12-9-6-3/h55,62H,4-54H2,1-3H3. The van der Waals surface area contributed by atoms with Gasteiger partial charge in [0.15, 0.2) is 21.2 Å². The molecule has 3 heteroatoms. The van der Waals surface area contributed by atoms with Gasteiger partial charge in [0.05, 0.1) is 3.57 Å². The van der Waals surface area contributed by atoms with E-state index < -0.39 is 21.2 Å². The summed E-state index contributed by atoms with van der Waals surface area (Å²) >= 11 is -1.39. The van der Waals surface area contributed by atoms with Crippen LogP contribution < -0.4 is 0 Å². The molecule has 63 heavy (non-hydrogen) atoms. The SMILES string of the molecule is CCCCCCCCCCCCCCCCCCc1cc(CCCCCCCCCCCCCCCCCC)c(I=O)c(O)c1CCCCCCCCCCCCCCCCCC. The fraction of sp³-hybridized carbons (Fsp3) is 0.900. The monoisotopic (exact) mass is 993 g/mol. The molecule has 2 nitrogen and oxygen atoms in total. The third kappa shape index (κ3) is 38.2. The third-order valence-corrected chi connectivity index (χ3v) is 16.1. The van der Waals surface area contributed by atoms with Gasteiger partial charge < -0.3 is 5.11 Å². The lowest BCUT2D eigenvalue weighted by molar-refractivity contribution is 0.458. The largest absolute Gasteiger partial charge is 0.506 e. The van der Waals surface area contributed by atoms with Crippen LogP contribution >= 0.6 is 21.2 Å². The number of unbranched alkanes of at least 4 members (excludes halogenated alkanes) is 45. The highest BCUT2D eigenvalue weighted by Crippen LogP contribution is 2.36. The second-order valence-corrected chi connectivity index (χ2v) is 22.1. The molecule has 0 aliphatic carbocycles. The molecule has 0 saturated carbocycles. The van der Waals surface area contributed by atoms with Crippen LogP contribution in [0.5, 0.6) is 5.75 Å². The summed E-state index contributed by atoms with van der Waals surface area (Å²) in [6, 6.07) is 2.42. The van der Waals surface area contributed by atoms with Crippen LogP contribution in [0.3, 0.4) is 0 Å². The van der Waals surface area contributed by atoms with Gasteiger partial charge in [0.2, 0.25) is 0 Å². The highest BCUT2D eigenvalue weighted by Gasteiger charge is 2.18. The van der Waals surface area contributed by atoms with Crippen LogP contribution in [0, 0.1) is 3.57 Å². The zero-order valence-corrected chi connectivity index (χ0v) is 45.5. The topological polar surface area (TPSA) is 37.3 Å². The van der Waals surface area contributed by atoms with Crippen LogP contribution in [0.4, 0.5) is 0 Å². The van der Waals surface area contributed by atoms with Crippen LogP contribution in [0.1, 0.15) is 346 Å². The number of rotatable bonds is 52. The number of halogens is 1. The smallest absolute Gasteiger partial charge is 0.186 e. The summed E-state index contributed by atoms with van der Waals surface area (Å²) in [6.07, 6.45) is 69.6. The Hall–Kier alpha value is -0.450. The van der Waals surface area contributed by atoms with Crippen LogP contribution in [0.2, 0.25) is 0 Å². The van der Waals surface area contributed by atoms with Crippen molar-refractivity contribution in [3.63, 3.8) is 0 Å². The average molecular weight is 993 g/mol. The Balaban J connectivity index is 2.45. The minimum Gasteiger partial charge on any atom is -0.506 e. The number of benzene rings is 1. The molecule has 0 saturated heterocycles. The molecule has 0 unspecified atom stereocenters. The quantitative estimate of drug-likeness (QED) is 0.0522. The molecular formula is C60H113IO2. The second kappa shape index (κ2) is 49.5. The van der Waals surface area contributed by atoms with Gasteiger partial charge in [0.1, 0.15) is 5.75 Å². The van der Waals surface area contributed by atoms with Crippen LogP contribution in [-0.4, -0.2) is 5.11 Å². The van der Waals surface area contributed by atoms with Gasteiger partial charge in [-0.2, -0.15) is 0 Å². The first-order valence-electron chi connectivity index (χ1n) is 29.3. The summed E-state index contributed by atoms with van der Waals surface area (Å²) in [6.45, 7) is 6.91. The number of phenols is 1. The molecule has 0 fully saturated rings. The number of aromatic hydroxyl groups is 1. The zero-order valence-electron chi connectivity index (χ0n) is 43.4. The van der Waals surface area contributed by atoms with E-state index in [1.54, 1.807) is 0 Å². The Morgan fingerprint density at radius 2 is 0.508 bits per heavy atom. The van der Waals surface area contributed by atoms with Crippen molar-refractivity contribution < 1.29 is 8.18 Å². The van der Waals surface area contributed by atoms with Crippen molar-refractivity contribution in [2.75, 3.05) is 0 Å². The van der Waals surface area contributed by atoms with E-state index in [0.717, 1.165) is 41.2 Å². The Bertz CT molecular complexity index is 1080. The molecule has 0 aromatic heterocycles. The maximum atomic E-state index is 12.7. The van der Waals surface area contributed by atoms with E-state index in [0.29, 0.717) is 5.75 Å². The van der Waals surface area contributed by atoms with Gasteiger partial charge in [-0.1, -0.05) is 316 Å². The molecule has 0 heterocycles. The fourth-order valence-electron chi connectivity index (χ4n) is 10.1. The van der Waals surface area contributed by atoms with Crippen LogP contribution in [0.15, 0.2) is 6.07 Å². The molecule has 0 amide bonds. The van der Waals surface area contributed by atoms with Gasteiger partial charge in [-0.05, 0) is 55.2 Å². The minimum absolute atomic E-state index is 0.430. The van der Waals surface area contributed by atoms with E-state index in [4.69, 9.17) is 0 Å². The lowest BCUT2D eigenvalue weighted by Gasteiger charge is -2.17. The van der Waals surface area contributed by atoms with Gasteiger partial charge in [0.25, 0.3) is 0 Å². The predicted molar refractivity (Wildman–Crippen MR) is 291 cm³/mol. The number of phenolic OH excluding ortho intramolecular Hbond substituents is 1. The molecule has 372 valence electrons. The fourth-order valence-corrected chi connectivity index (χ4v) is 11.4. The van der Waals surface area contributed by atoms with Crippen LogP contribution in [-0.2, 0) is 22.3 Å². The molecule has 0 aliphatic heterocycles. The molecule has 1 rings (SSSR count). The van der Waals surface area contributed by atoms with Gasteiger partial charge in [-0.25, -0.2) is 0 Å². The molecule has 1 N–H and O–H groups in total. The number of aryl methyl sites for hydroxylation is 2. The summed E-state index contributed by atoms with van der Waals surface area (Å²) < 4.78 is 13.5. The second-order valence-electron chi connectivity index (χ2n) is 20.6. The van der Waals surface area contributed by atoms with Gasteiger partial charge in [0, 0.05) is 0 Å². The number of hydrogen-bond acceptors (Lipinski definition) is 2. The van der Waals surface area contributed by atoms with Gasteiger partial charge >= 0.3 is 0 Å². The van der Waals surface area contributed by atoms with Crippen molar-refractivity contribution in [2.24, 2.45) is 0 Å². The highest BCUT2D eigenvalue weighted by molar-refractivity contribution is 14.1. The normalized spacial score (nSPS) is 11.7. The number of hydrogen-bond donors (Lipinski definition) is 1. The van der Waals surface area contributed by atoms with E-state index in [1.807, 2.05) is 0 Å². The van der Waals surface area contributed by atoms with Crippen molar-refractivity contribution in [1.82, 2.24) is 0 Å². The Morgan fingerprint density at radius 1 is 0.302 bits per heavy atom. The van der Waals surface area contributed by atoms with Crippen molar-refractivity contribution in [2.45, 2.75) is 348 Å². The van der Waals surface area contributed by atoms with Crippen molar-refractivity contribution >= 4 is 21.2 Å². The predicted octanol–water partition coefficient (Wildman–Crippen LogP) is 22.3. The van der Waals surface area contributed by atoms with E-state index in [-0.39, 0.29) is 0 Å². The van der Waals surface area contributed by atoms with E-state index in [1.165, 1.54) is 306 Å². The average Bonchev–Trinajstić information content (AvgIpc) is 3.29. The van der Waals surface area contributed by atoms with Crippen molar-refractivity contribution in [1.29, 1.82) is 0 Å². The molecule has 0 radical (unpaired) electrons. The first kappa shape index (κ1) is 60.6. The van der Waals surface area contributed by atoms with E-state index in [9.17, 15) is 8.18 Å². The Labute approximate surface area is 407 Å². The summed E-state index contributed by atoms with van der Waals surface area (Å²) in [5.41, 5.74) is 3.75. The molecule has 1 aromatic carbocycles. The van der Waals surface area contributed by atoms with Crippen molar-refractivity contribution in [3.8, 4) is 5.75 Å². The van der Waals surface area contributed by atoms with Crippen molar-refractivity contribution in [3.05, 3.63) is 26.3 Å². The molecule has 0 aliphatic rings. The lowest BCUT2D eigenvalue weighted by atomic mass is 9.92. The Morgan fingerprint density at radius 3 is 0.746 bits per heavy atom. The zero-order chi connectivity index (χ0) is 45.4. The molecule has 1 aromatic rings. The highest BCUT2D eigenvalue weighted by atomic mass is 127. The summed E-state index contributed by atoms with van der Waals surface area (Å²) in [5, 5.41) is 11.7. The molecular weight excluding hydrogens is 880 g/mol. The van der Waals surface area contributed by atoms with E-state index in [2.05, 4.69) is 26.8 Å². The first-order valence-corrected chi connectivity index (χ1v) is 31.3. The molecule has 0 atom stereocenters. The molecule has 0 bridgehead atoms. The third-order valence-electron chi connectivity index (χ3n) is 14.5. The minimum atomic E-state index is -1.39. The first-order chi connectivity index (χ1) is 31.2. The summed E-state index contributed by atoms with van der Waals surface area (Å²) in [4.78, 5) is 0. The summed E-state index contributed by atoms with van der Waals surface area (Å²) in [5.74, 6) is 0.430. The van der Waals surface area contributed by atoms with Crippen LogP contribution in [0.25, 0.3) is 0 Å². The molecule has 0 spiro atoms. The van der Waals surface area contributed by atoms with Gasteiger partial charge in [-0.3, -0.25) is 3.07 Å². The van der Waals surface area contributed by atoms with Gasteiger partial charge in [-0.15, -0.1) is 0 Å². The van der Waals surface area contributed by atoms with E-state index >= 15 is 0 Å².